The summed E-state index contributed by atoms with van der Waals surface area (Å²) >= 11 is 1.13. The molecule has 8 heteroatoms. The summed E-state index contributed by atoms with van der Waals surface area (Å²) in [6.45, 7) is 0. The SMILES string of the molecule is O=C(O)c1ccc(Sc2ccc([N+](=O)[O-])nc2)o1. The standard InChI is InChI=1S/C10H6N2O5S/c13-10(14)7-2-4-9(17-7)18-6-1-3-8(11-5-6)12(15)16/h1-5H,(H,13,14). The third kappa shape index (κ3) is 2.66. The second-order valence-corrected chi connectivity index (χ2v) is 4.21. The van der Waals surface area contributed by atoms with Crippen LogP contribution in [-0.4, -0.2) is 21.0 Å². The molecule has 0 aliphatic rings. The summed E-state index contributed by atoms with van der Waals surface area (Å²) in [6.07, 6.45) is 1.33. The summed E-state index contributed by atoms with van der Waals surface area (Å²) in [5.41, 5.74) is 0. The minimum atomic E-state index is -1.15. The molecule has 0 radical (unpaired) electrons. The Hall–Kier alpha value is -2.35. The van der Waals surface area contributed by atoms with Gasteiger partial charge < -0.3 is 19.6 Å². The van der Waals surface area contributed by atoms with Gasteiger partial charge in [-0.1, -0.05) is 0 Å². The zero-order valence-corrected chi connectivity index (χ0v) is 9.59. The van der Waals surface area contributed by atoms with Crippen molar-refractivity contribution >= 4 is 23.5 Å². The molecule has 0 fully saturated rings. The maximum Gasteiger partial charge on any atom is 0.371 e. The zero-order valence-electron chi connectivity index (χ0n) is 8.77. The smallest absolute Gasteiger partial charge is 0.371 e. The predicted molar refractivity (Wildman–Crippen MR) is 60.7 cm³/mol. The number of carboxylic acids is 1. The first-order valence-electron chi connectivity index (χ1n) is 4.67. The number of nitro groups is 1. The summed E-state index contributed by atoms with van der Waals surface area (Å²) in [4.78, 5) is 24.7. The van der Waals surface area contributed by atoms with Gasteiger partial charge in [-0.3, -0.25) is 0 Å². The number of nitrogens with zero attached hydrogens (tertiary/aromatic N) is 2. The number of rotatable bonds is 4. The van der Waals surface area contributed by atoms with Gasteiger partial charge in [-0.15, -0.1) is 0 Å². The van der Waals surface area contributed by atoms with Crippen LogP contribution in [0.5, 0.6) is 0 Å². The van der Waals surface area contributed by atoms with E-state index in [-0.39, 0.29) is 11.6 Å². The number of carboxylic acid groups (broad SMARTS) is 1. The first-order valence-corrected chi connectivity index (χ1v) is 5.49. The molecular formula is C10H6N2O5S. The predicted octanol–water partition coefficient (Wildman–Crippen LogP) is 2.43. The molecule has 0 bridgehead atoms. The Morgan fingerprint density at radius 1 is 1.39 bits per heavy atom. The number of aromatic nitrogens is 1. The van der Waals surface area contributed by atoms with Gasteiger partial charge in [0.2, 0.25) is 5.76 Å². The number of hydrogen-bond donors (Lipinski definition) is 1. The highest BCUT2D eigenvalue weighted by Gasteiger charge is 2.12. The van der Waals surface area contributed by atoms with Crippen LogP contribution in [0.2, 0.25) is 0 Å². The molecule has 0 amide bonds. The summed E-state index contributed by atoms with van der Waals surface area (Å²) in [7, 11) is 0. The fourth-order valence-electron chi connectivity index (χ4n) is 1.15. The summed E-state index contributed by atoms with van der Waals surface area (Å²) in [6, 6.07) is 5.63. The molecular weight excluding hydrogens is 260 g/mol. The fraction of sp³-hybridized carbons (Fsp3) is 0. The monoisotopic (exact) mass is 266 g/mol. The van der Waals surface area contributed by atoms with Gasteiger partial charge in [-0.2, -0.15) is 0 Å². The van der Waals surface area contributed by atoms with E-state index in [1.54, 1.807) is 0 Å². The van der Waals surface area contributed by atoms with Crippen molar-refractivity contribution in [1.82, 2.24) is 4.98 Å². The van der Waals surface area contributed by atoms with Crippen LogP contribution >= 0.6 is 11.8 Å². The number of hydrogen-bond acceptors (Lipinski definition) is 6. The van der Waals surface area contributed by atoms with Crippen LogP contribution in [0.3, 0.4) is 0 Å². The van der Waals surface area contributed by atoms with Crippen LogP contribution in [0.15, 0.2) is 44.9 Å². The minimum absolute atomic E-state index is 0.160. The maximum atomic E-state index is 10.6. The van der Waals surface area contributed by atoms with E-state index in [0.717, 1.165) is 11.8 Å². The van der Waals surface area contributed by atoms with Crippen molar-refractivity contribution in [2.75, 3.05) is 0 Å². The molecule has 0 spiro atoms. The topological polar surface area (TPSA) is 106 Å². The molecule has 0 unspecified atom stereocenters. The number of furan rings is 1. The van der Waals surface area contributed by atoms with Crippen LogP contribution in [0.25, 0.3) is 0 Å². The molecule has 1 N–H and O–H groups in total. The molecule has 7 nitrogen and oxygen atoms in total. The number of carbonyl (C=O) groups is 1. The Bertz CT molecular complexity index is 593. The van der Waals surface area contributed by atoms with E-state index in [4.69, 9.17) is 9.52 Å². The quantitative estimate of drug-likeness (QED) is 0.668. The van der Waals surface area contributed by atoms with Gasteiger partial charge in [-0.05, 0) is 39.9 Å². The Labute approximate surface area is 105 Å². The van der Waals surface area contributed by atoms with Crippen LogP contribution in [-0.2, 0) is 0 Å². The highest BCUT2D eigenvalue weighted by molar-refractivity contribution is 7.99. The Kier molecular flexibility index (Phi) is 3.28. The maximum absolute atomic E-state index is 10.6. The minimum Gasteiger partial charge on any atom is -0.475 e. The van der Waals surface area contributed by atoms with Gasteiger partial charge in [0.1, 0.15) is 0 Å². The number of aromatic carboxylic acids is 1. The van der Waals surface area contributed by atoms with Gasteiger partial charge in [0.15, 0.2) is 11.3 Å². The van der Waals surface area contributed by atoms with E-state index in [2.05, 4.69) is 4.98 Å². The lowest BCUT2D eigenvalue weighted by atomic mass is 10.5. The molecule has 2 aromatic heterocycles. The molecule has 2 heterocycles. The molecule has 2 aromatic rings. The molecule has 0 aliphatic heterocycles. The molecule has 2 rings (SSSR count). The summed E-state index contributed by atoms with van der Waals surface area (Å²) in [5.74, 6) is -1.55. The van der Waals surface area contributed by atoms with E-state index < -0.39 is 10.9 Å². The second kappa shape index (κ2) is 4.88. The zero-order chi connectivity index (χ0) is 13.1. The third-order valence-corrected chi connectivity index (χ3v) is 2.82. The van der Waals surface area contributed by atoms with Gasteiger partial charge in [0, 0.05) is 6.07 Å². The molecule has 18 heavy (non-hydrogen) atoms. The van der Waals surface area contributed by atoms with Crippen LogP contribution < -0.4 is 0 Å². The van der Waals surface area contributed by atoms with Crippen molar-refractivity contribution in [3.05, 3.63) is 46.3 Å². The Morgan fingerprint density at radius 3 is 2.67 bits per heavy atom. The van der Waals surface area contributed by atoms with E-state index in [9.17, 15) is 14.9 Å². The van der Waals surface area contributed by atoms with Gasteiger partial charge in [0.25, 0.3) is 0 Å². The molecule has 0 saturated carbocycles. The van der Waals surface area contributed by atoms with Crippen molar-refractivity contribution in [3.8, 4) is 0 Å². The average molecular weight is 266 g/mol. The first-order chi connectivity index (χ1) is 8.56. The van der Waals surface area contributed by atoms with Crippen molar-refractivity contribution in [3.63, 3.8) is 0 Å². The molecule has 0 aliphatic carbocycles. The van der Waals surface area contributed by atoms with Crippen molar-refractivity contribution in [2.45, 2.75) is 9.99 Å². The van der Waals surface area contributed by atoms with Gasteiger partial charge >= 0.3 is 11.8 Å². The number of pyridine rings is 1. The lowest BCUT2D eigenvalue weighted by Crippen LogP contribution is -1.91. The lowest BCUT2D eigenvalue weighted by molar-refractivity contribution is -0.389. The molecule has 0 aromatic carbocycles. The highest BCUT2D eigenvalue weighted by atomic mass is 32.2. The van der Waals surface area contributed by atoms with Crippen LogP contribution in [0, 0.1) is 10.1 Å². The summed E-state index contributed by atoms with van der Waals surface area (Å²) in [5, 5.41) is 19.5. The average Bonchev–Trinajstić information content (AvgIpc) is 2.78. The van der Waals surface area contributed by atoms with Crippen molar-refractivity contribution in [2.24, 2.45) is 0 Å². The molecule has 0 atom stereocenters. The van der Waals surface area contributed by atoms with Gasteiger partial charge in [-0.25, -0.2) is 4.79 Å². The Balaban J connectivity index is 2.13. The highest BCUT2D eigenvalue weighted by Crippen LogP contribution is 2.29. The van der Waals surface area contributed by atoms with E-state index in [1.807, 2.05) is 0 Å². The van der Waals surface area contributed by atoms with Crippen LogP contribution in [0.1, 0.15) is 10.6 Å². The molecule has 0 saturated heterocycles. The normalized spacial score (nSPS) is 10.2. The summed E-state index contributed by atoms with van der Waals surface area (Å²) < 4.78 is 5.03. The van der Waals surface area contributed by atoms with E-state index in [0.29, 0.717) is 9.99 Å². The largest absolute Gasteiger partial charge is 0.475 e. The second-order valence-electron chi connectivity index (χ2n) is 3.14. The first kappa shape index (κ1) is 12.1. The van der Waals surface area contributed by atoms with Crippen LogP contribution in [0.4, 0.5) is 5.82 Å². The third-order valence-electron chi connectivity index (χ3n) is 1.92. The van der Waals surface area contributed by atoms with Crippen molar-refractivity contribution in [1.29, 1.82) is 0 Å². The Morgan fingerprint density at radius 2 is 2.17 bits per heavy atom. The van der Waals surface area contributed by atoms with Gasteiger partial charge in [0.05, 0.1) is 4.90 Å². The lowest BCUT2D eigenvalue weighted by Gasteiger charge is -1.95. The fourth-order valence-corrected chi connectivity index (χ4v) is 1.89. The van der Waals surface area contributed by atoms with E-state index >= 15 is 0 Å². The molecule has 92 valence electrons. The van der Waals surface area contributed by atoms with E-state index in [1.165, 1.54) is 30.5 Å². The van der Waals surface area contributed by atoms with Crippen molar-refractivity contribution < 1.29 is 19.2 Å².